The third kappa shape index (κ3) is 5.43. The standard InChI is InChI=1S/C16H26N2OS/c1-14(20-2)5-9-18-10-6-16(7-11-18)19-13-15-4-3-8-17-12-15/h3-4,8,12,14,16H,5-7,9-11,13H2,1-2H3. The molecule has 1 aromatic heterocycles. The maximum atomic E-state index is 5.99. The van der Waals surface area contributed by atoms with Crippen molar-refractivity contribution in [3.63, 3.8) is 0 Å². The molecule has 20 heavy (non-hydrogen) atoms. The van der Waals surface area contributed by atoms with Crippen molar-refractivity contribution >= 4 is 11.8 Å². The summed E-state index contributed by atoms with van der Waals surface area (Å²) in [6.07, 6.45) is 9.92. The number of likely N-dealkylation sites (tertiary alicyclic amines) is 1. The van der Waals surface area contributed by atoms with Gasteiger partial charge in [0.25, 0.3) is 0 Å². The SMILES string of the molecule is CSC(C)CCN1CCC(OCc2cccnc2)CC1. The molecular weight excluding hydrogens is 268 g/mol. The number of nitrogens with zero attached hydrogens (tertiary/aromatic N) is 2. The molecule has 0 radical (unpaired) electrons. The van der Waals surface area contributed by atoms with Crippen molar-refractivity contribution in [1.29, 1.82) is 0 Å². The maximum Gasteiger partial charge on any atom is 0.0735 e. The van der Waals surface area contributed by atoms with Crippen molar-refractivity contribution in [1.82, 2.24) is 9.88 Å². The van der Waals surface area contributed by atoms with E-state index in [0.29, 0.717) is 12.7 Å². The van der Waals surface area contributed by atoms with E-state index in [9.17, 15) is 0 Å². The molecular formula is C16H26N2OS. The minimum Gasteiger partial charge on any atom is -0.373 e. The van der Waals surface area contributed by atoms with Gasteiger partial charge in [0.1, 0.15) is 0 Å². The van der Waals surface area contributed by atoms with Crippen LogP contribution in [0.1, 0.15) is 31.7 Å². The van der Waals surface area contributed by atoms with Gasteiger partial charge in [-0.1, -0.05) is 13.0 Å². The van der Waals surface area contributed by atoms with Gasteiger partial charge in [-0.2, -0.15) is 11.8 Å². The molecule has 0 aliphatic carbocycles. The van der Waals surface area contributed by atoms with Crippen LogP contribution >= 0.6 is 11.8 Å². The Morgan fingerprint density at radius 2 is 2.25 bits per heavy atom. The molecule has 1 fully saturated rings. The van der Waals surface area contributed by atoms with E-state index in [4.69, 9.17) is 4.74 Å². The lowest BCUT2D eigenvalue weighted by Gasteiger charge is -2.32. The van der Waals surface area contributed by atoms with Gasteiger partial charge in [0.2, 0.25) is 0 Å². The summed E-state index contributed by atoms with van der Waals surface area (Å²) in [7, 11) is 0. The molecule has 4 heteroatoms. The van der Waals surface area contributed by atoms with Gasteiger partial charge < -0.3 is 9.64 Å². The second-order valence-corrected chi connectivity index (χ2v) is 6.82. The minimum atomic E-state index is 0.421. The number of aromatic nitrogens is 1. The Hall–Kier alpha value is -0.580. The fraction of sp³-hybridized carbons (Fsp3) is 0.688. The van der Waals surface area contributed by atoms with Crippen LogP contribution in [0.3, 0.4) is 0 Å². The number of rotatable bonds is 7. The lowest BCUT2D eigenvalue weighted by Crippen LogP contribution is -2.38. The Bertz CT molecular complexity index is 366. The Balaban J connectivity index is 1.62. The third-order valence-corrected chi connectivity index (χ3v) is 5.04. The molecule has 0 spiro atoms. The van der Waals surface area contributed by atoms with Crippen LogP contribution in [0, 0.1) is 0 Å². The van der Waals surface area contributed by atoms with E-state index >= 15 is 0 Å². The van der Waals surface area contributed by atoms with Gasteiger partial charge >= 0.3 is 0 Å². The number of pyridine rings is 1. The zero-order chi connectivity index (χ0) is 14.2. The number of ether oxygens (including phenoxy) is 1. The normalized spacial score (nSPS) is 19.1. The van der Waals surface area contributed by atoms with Crippen LogP contribution in [0.5, 0.6) is 0 Å². The molecule has 1 unspecified atom stereocenters. The van der Waals surface area contributed by atoms with Crippen LogP contribution in [0.2, 0.25) is 0 Å². The molecule has 1 atom stereocenters. The summed E-state index contributed by atoms with van der Waals surface area (Å²) < 4.78 is 5.99. The van der Waals surface area contributed by atoms with Gasteiger partial charge in [-0.3, -0.25) is 4.98 Å². The highest BCUT2D eigenvalue weighted by Gasteiger charge is 2.19. The topological polar surface area (TPSA) is 25.4 Å². The first-order valence-electron chi connectivity index (χ1n) is 7.53. The smallest absolute Gasteiger partial charge is 0.0735 e. The molecule has 0 saturated carbocycles. The van der Waals surface area contributed by atoms with E-state index in [1.54, 1.807) is 6.20 Å². The summed E-state index contributed by atoms with van der Waals surface area (Å²) in [5.74, 6) is 0. The number of piperidine rings is 1. The first-order valence-corrected chi connectivity index (χ1v) is 8.82. The Kier molecular flexibility index (Phi) is 6.83. The number of hydrogen-bond acceptors (Lipinski definition) is 4. The Labute approximate surface area is 127 Å². The van der Waals surface area contributed by atoms with Crippen LogP contribution < -0.4 is 0 Å². The van der Waals surface area contributed by atoms with E-state index in [1.807, 2.05) is 24.0 Å². The molecule has 0 bridgehead atoms. The predicted octanol–water partition coefficient (Wildman–Crippen LogP) is 3.20. The minimum absolute atomic E-state index is 0.421. The first-order chi connectivity index (χ1) is 9.78. The molecule has 112 valence electrons. The third-order valence-electron chi connectivity index (χ3n) is 4.00. The first kappa shape index (κ1) is 15.8. The highest BCUT2D eigenvalue weighted by atomic mass is 32.2. The van der Waals surface area contributed by atoms with Crippen molar-refractivity contribution in [2.45, 2.75) is 44.1 Å². The summed E-state index contributed by atoms with van der Waals surface area (Å²) in [5.41, 5.74) is 1.17. The maximum absolute atomic E-state index is 5.99. The monoisotopic (exact) mass is 294 g/mol. The summed E-state index contributed by atoms with van der Waals surface area (Å²) >= 11 is 1.96. The number of thioether (sulfide) groups is 1. The molecule has 2 heterocycles. The molecule has 0 N–H and O–H groups in total. The van der Waals surface area contributed by atoms with Crippen LogP contribution in [-0.4, -0.2) is 47.1 Å². The van der Waals surface area contributed by atoms with E-state index in [0.717, 1.165) is 18.1 Å². The van der Waals surface area contributed by atoms with E-state index < -0.39 is 0 Å². The zero-order valence-corrected chi connectivity index (χ0v) is 13.4. The van der Waals surface area contributed by atoms with Crippen molar-refractivity contribution in [3.8, 4) is 0 Å². The zero-order valence-electron chi connectivity index (χ0n) is 12.6. The fourth-order valence-corrected chi connectivity index (χ4v) is 2.82. The van der Waals surface area contributed by atoms with Gasteiger partial charge in [0.05, 0.1) is 12.7 Å². The molecule has 1 aliphatic heterocycles. The summed E-state index contributed by atoms with van der Waals surface area (Å²) in [6, 6.07) is 4.04. The second kappa shape index (κ2) is 8.65. The highest BCUT2D eigenvalue weighted by molar-refractivity contribution is 7.99. The number of hydrogen-bond donors (Lipinski definition) is 0. The van der Waals surface area contributed by atoms with E-state index in [1.165, 1.54) is 31.6 Å². The largest absolute Gasteiger partial charge is 0.373 e. The average Bonchev–Trinajstić information content (AvgIpc) is 2.52. The molecule has 2 rings (SSSR count). The quantitative estimate of drug-likeness (QED) is 0.771. The fourth-order valence-electron chi connectivity index (χ4n) is 2.48. The van der Waals surface area contributed by atoms with Crippen molar-refractivity contribution in [2.24, 2.45) is 0 Å². The molecule has 1 saturated heterocycles. The highest BCUT2D eigenvalue weighted by Crippen LogP contribution is 2.17. The molecule has 0 aromatic carbocycles. The van der Waals surface area contributed by atoms with Gasteiger partial charge in [0, 0.05) is 30.7 Å². The van der Waals surface area contributed by atoms with Gasteiger partial charge in [-0.05, 0) is 43.7 Å². The summed E-state index contributed by atoms with van der Waals surface area (Å²) in [5, 5.41) is 0.773. The van der Waals surface area contributed by atoms with Crippen LogP contribution in [0.4, 0.5) is 0 Å². The molecule has 3 nitrogen and oxygen atoms in total. The molecule has 0 amide bonds. The summed E-state index contributed by atoms with van der Waals surface area (Å²) in [4.78, 5) is 6.70. The lowest BCUT2D eigenvalue weighted by molar-refractivity contribution is -0.00261. The van der Waals surface area contributed by atoms with Gasteiger partial charge in [-0.15, -0.1) is 0 Å². The van der Waals surface area contributed by atoms with Gasteiger partial charge in [0.15, 0.2) is 0 Å². The Morgan fingerprint density at radius 1 is 1.45 bits per heavy atom. The van der Waals surface area contributed by atoms with E-state index in [-0.39, 0.29) is 0 Å². The Morgan fingerprint density at radius 3 is 2.90 bits per heavy atom. The van der Waals surface area contributed by atoms with Crippen molar-refractivity contribution in [3.05, 3.63) is 30.1 Å². The predicted molar refractivity (Wildman–Crippen MR) is 86.1 cm³/mol. The molecule has 1 aromatic rings. The van der Waals surface area contributed by atoms with Crippen LogP contribution in [-0.2, 0) is 11.3 Å². The second-order valence-electron chi connectivity index (χ2n) is 5.55. The molecule has 1 aliphatic rings. The van der Waals surface area contributed by atoms with Crippen molar-refractivity contribution < 1.29 is 4.74 Å². The average molecular weight is 294 g/mol. The van der Waals surface area contributed by atoms with Crippen LogP contribution in [0.25, 0.3) is 0 Å². The van der Waals surface area contributed by atoms with E-state index in [2.05, 4.69) is 29.1 Å². The van der Waals surface area contributed by atoms with Crippen molar-refractivity contribution in [2.75, 3.05) is 25.9 Å². The lowest BCUT2D eigenvalue weighted by atomic mass is 10.1. The van der Waals surface area contributed by atoms with Gasteiger partial charge in [-0.25, -0.2) is 0 Å². The summed E-state index contributed by atoms with van der Waals surface area (Å²) in [6.45, 7) is 6.60. The van der Waals surface area contributed by atoms with Crippen LogP contribution in [0.15, 0.2) is 24.5 Å².